The summed E-state index contributed by atoms with van der Waals surface area (Å²) in [6.45, 7) is 7.01. The monoisotopic (exact) mass is 227 g/mol. The van der Waals surface area contributed by atoms with Gasteiger partial charge in [-0.15, -0.1) is 0 Å². The number of nitrogens with zero attached hydrogens (tertiary/aromatic N) is 1. The summed E-state index contributed by atoms with van der Waals surface area (Å²) in [5.41, 5.74) is 3.43. The summed E-state index contributed by atoms with van der Waals surface area (Å²) in [5, 5.41) is 18.9. The normalized spacial score (nSPS) is 10.9. The fraction of sp³-hybridized carbons (Fsp3) is 0.727. The highest BCUT2D eigenvalue weighted by Gasteiger charge is 2.04. The van der Waals surface area contributed by atoms with Gasteiger partial charge in [-0.1, -0.05) is 0 Å². The lowest BCUT2D eigenvalue weighted by Gasteiger charge is -2.05. The van der Waals surface area contributed by atoms with Crippen LogP contribution in [0.4, 0.5) is 0 Å². The number of H-pyrrole nitrogens is 1. The molecule has 0 spiro atoms. The molecule has 3 N–H and O–H groups in total. The van der Waals surface area contributed by atoms with E-state index in [1.807, 2.05) is 13.8 Å². The second kappa shape index (κ2) is 7.38. The van der Waals surface area contributed by atoms with E-state index < -0.39 is 0 Å². The minimum atomic E-state index is 0.0981. The Labute approximate surface area is 96.2 Å². The summed E-state index contributed by atoms with van der Waals surface area (Å²) in [5.74, 6) is 0. The molecule has 1 aromatic rings. The van der Waals surface area contributed by atoms with Crippen LogP contribution >= 0.6 is 0 Å². The molecule has 0 saturated carbocycles. The molecular weight excluding hydrogens is 206 g/mol. The van der Waals surface area contributed by atoms with Crippen LogP contribution in [-0.2, 0) is 11.3 Å². The maximum absolute atomic E-state index is 8.50. The Morgan fingerprint density at radius 3 is 2.81 bits per heavy atom. The Hall–Kier alpha value is -0.910. The van der Waals surface area contributed by atoms with Gasteiger partial charge in [0.2, 0.25) is 0 Å². The number of aromatic amines is 1. The Morgan fingerprint density at radius 1 is 1.38 bits per heavy atom. The van der Waals surface area contributed by atoms with Crippen LogP contribution < -0.4 is 5.32 Å². The molecule has 0 bridgehead atoms. The van der Waals surface area contributed by atoms with Gasteiger partial charge in [0, 0.05) is 24.4 Å². The van der Waals surface area contributed by atoms with Crippen molar-refractivity contribution in [3.63, 3.8) is 0 Å². The molecule has 0 aliphatic rings. The molecule has 1 aromatic heterocycles. The number of ether oxygens (including phenoxy) is 1. The highest BCUT2D eigenvalue weighted by Crippen LogP contribution is 2.07. The summed E-state index contributed by atoms with van der Waals surface area (Å²) >= 11 is 0. The largest absolute Gasteiger partial charge is 0.394 e. The molecule has 0 radical (unpaired) electrons. The number of hydrogen-bond acceptors (Lipinski definition) is 4. The zero-order valence-electron chi connectivity index (χ0n) is 10.0. The zero-order valence-corrected chi connectivity index (χ0v) is 10.0. The minimum absolute atomic E-state index is 0.0981. The quantitative estimate of drug-likeness (QED) is 0.566. The van der Waals surface area contributed by atoms with Crippen molar-refractivity contribution < 1.29 is 9.84 Å². The van der Waals surface area contributed by atoms with Crippen molar-refractivity contribution >= 4 is 0 Å². The van der Waals surface area contributed by atoms with Crippen molar-refractivity contribution in [2.24, 2.45) is 0 Å². The molecule has 0 saturated heterocycles. The number of rotatable bonds is 8. The lowest BCUT2D eigenvalue weighted by molar-refractivity contribution is 0.0907. The predicted octanol–water partition coefficient (Wildman–Crippen LogP) is 0.515. The number of nitrogens with one attached hydrogen (secondary N) is 2. The maximum Gasteiger partial charge on any atom is 0.0697 e. The number of aliphatic hydroxyl groups excluding tert-OH is 1. The van der Waals surface area contributed by atoms with Gasteiger partial charge in [0.25, 0.3) is 0 Å². The van der Waals surface area contributed by atoms with E-state index in [9.17, 15) is 0 Å². The van der Waals surface area contributed by atoms with E-state index in [1.54, 1.807) is 0 Å². The number of aliphatic hydroxyl groups is 1. The Bertz CT molecular complexity index is 280. The topological polar surface area (TPSA) is 70.2 Å². The average molecular weight is 227 g/mol. The van der Waals surface area contributed by atoms with Crippen molar-refractivity contribution in [2.75, 3.05) is 26.4 Å². The van der Waals surface area contributed by atoms with Crippen molar-refractivity contribution in [1.29, 1.82) is 0 Å². The average Bonchev–Trinajstić information content (AvgIpc) is 2.59. The van der Waals surface area contributed by atoms with E-state index >= 15 is 0 Å². The third kappa shape index (κ3) is 4.30. The highest BCUT2D eigenvalue weighted by molar-refractivity contribution is 5.22. The van der Waals surface area contributed by atoms with Crippen molar-refractivity contribution in [1.82, 2.24) is 15.5 Å². The molecule has 0 unspecified atom stereocenters. The smallest absolute Gasteiger partial charge is 0.0697 e. The molecule has 0 atom stereocenters. The molecule has 1 rings (SSSR count). The third-order valence-electron chi connectivity index (χ3n) is 2.46. The third-order valence-corrected chi connectivity index (χ3v) is 2.46. The predicted molar refractivity (Wildman–Crippen MR) is 62.3 cm³/mol. The first-order valence-corrected chi connectivity index (χ1v) is 5.65. The van der Waals surface area contributed by atoms with Crippen LogP contribution in [0.25, 0.3) is 0 Å². The molecule has 0 aliphatic heterocycles. The van der Waals surface area contributed by atoms with Crippen LogP contribution in [0.15, 0.2) is 0 Å². The highest BCUT2D eigenvalue weighted by atomic mass is 16.5. The van der Waals surface area contributed by atoms with E-state index in [0.29, 0.717) is 13.2 Å². The molecule has 0 aliphatic carbocycles. The maximum atomic E-state index is 8.50. The fourth-order valence-corrected chi connectivity index (χ4v) is 1.51. The van der Waals surface area contributed by atoms with Crippen molar-refractivity contribution in [3.05, 3.63) is 17.0 Å². The van der Waals surface area contributed by atoms with E-state index in [2.05, 4.69) is 15.5 Å². The fourth-order valence-electron chi connectivity index (χ4n) is 1.51. The van der Waals surface area contributed by atoms with Gasteiger partial charge in [-0.2, -0.15) is 5.10 Å². The molecule has 0 fully saturated rings. The van der Waals surface area contributed by atoms with Gasteiger partial charge in [0.15, 0.2) is 0 Å². The van der Waals surface area contributed by atoms with Crippen LogP contribution in [0.5, 0.6) is 0 Å². The Balaban J connectivity index is 2.07. The standard InChI is InChI=1S/C11H21N3O2/c1-9-11(10(2)14-13-9)8-12-4-3-6-16-7-5-15/h12,15H,3-8H2,1-2H3,(H,13,14). The first-order chi connectivity index (χ1) is 7.75. The minimum Gasteiger partial charge on any atom is -0.394 e. The molecule has 1 heterocycles. The van der Waals surface area contributed by atoms with Crippen LogP contribution in [0, 0.1) is 13.8 Å². The molecular formula is C11H21N3O2. The first-order valence-electron chi connectivity index (χ1n) is 5.65. The van der Waals surface area contributed by atoms with E-state index in [1.165, 1.54) is 5.56 Å². The number of aromatic nitrogens is 2. The Kier molecular flexibility index (Phi) is 6.07. The van der Waals surface area contributed by atoms with Gasteiger partial charge < -0.3 is 15.2 Å². The van der Waals surface area contributed by atoms with Crippen molar-refractivity contribution in [3.8, 4) is 0 Å². The molecule has 92 valence electrons. The number of hydrogen-bond donors (Lipinski definition) is 3. The zero-order chi connectivity index (χ0) is 11.8. The summed E-state index contributed by atoms with van der Waals surface area (Å²) in [6, 6.07) is 0. The first kappa shape index (κ1) is 13.2. The number of aryl methyl sites for hydroxylation is 2. The second-order valence-electron chi connectivity index (χ2n) is 3.78. The summed E-state index contributed by atoms with van der Waals surface area (Å²) in [4.78, 5) is 0. The molecule has 16 heavy (non-hydrogen) atoms. The van der Waals surface area contributed by atoms with Gasteiger partial charge in [-0.05, 0) is 26.8 Å². The van der Waals surface area contributed by atoms with E-state index in [4.69, 9.17) is 9.84 Å². The molecule has 5 nitrogen and oxygen atoms in total. The second-order valence-corrected chi connectivity index (χ2v) is 3.78. The van der Waals surface area contributed by atoms with Crippen LogP contribution in [0.1, 0.15) is 23.4 Å². The Morgan fingerprint density at radius 2 is 2.19 bits per heavy atom. The lowest BCUT2D eigenvalue weighted by atomic mass is 10.2. The van der Waals surface area contributed by atoms with Crippen LogP contribution in [-0.4, -0.2) is 41.7 Å². The summed E-state index contributed by atoms with van der Waals surface area (Å²) in [7, 11) is 0. The van der Waals surface area contributed by atoms with E-state index in [0.717, 1.165) is 30.9 Å². The van der Waals surface area contributed by atoms with Crippen molar-refractivity contribution in [2.45, 2.75) is 26.8 Å². The van der Waals surface area contributed by atoms with Gasteiger partial charge in [0.05, 0.1) is 18.9 Å². The lowest BCUT2D eigenvalue weighted by Crippen LogP contribution is -2.17. The summed E-state index contributed by atoms with van der Waals surface area (Å²) in [6.07, 6.45) is 0.954. The SMILES string of the molecule is Cc1n[nH]c(C)c1CNCCCOCCO. The van der Waals surface area contributed by atoms with E-state index in [-0.39, 0.29) is 6.61 Å². The van der Waals surface area contributed by atoms with Gasteiger partial charge >= 0.3 is 0 Å². The van der Waals surface area contributed by atoms with Gasteiger partial charge in [-0.25, -0.2) is 0 Å². The molecule has 5 heteroatoms. The van der Waals surface area contributed by atoms with Gasteiger partial charge in [-0.3, -0.25) is 5.10 Å². The summed E-state index contributed by atoms with van der Waals surface area (Å²) < 4.78 is 5.16. The molecule has 0 amide bonds. The van der Waals surface area contributed by atoms with Crippen LogP contribution in [0.3, 0.4) is 0 Å². The van der Waals surface area contributed by atoms with Gasteiger partial charge in [0.1, 0.15) is 0 Å². The van der Waals surface area contributed by atoms with Crippen LogP contribution in [0.2, 0.25) is 0 Å². The molecule has 0 aromatic carbocycles.